The van der Waals surface area contributed by atoms with Crippen LogP contribution in [0, 0.1) is 0 Å². The van der Waals surface area contributed by atoms with Crippen LogP contribution in [0.5, 0.6) is 0 Å². The molecule has 15 atom stereocenters. The van der Waals surface area contributed by atoms with Crippen LogP contribution >= 0.6 is 0 Å². The molecule has 0 amide bonds. The van der Waals surface area contributed by atoms with Crippen molar-refractivity contribution in [2.75, 3.05) is 6.61 Å². The van der Waals surface area contributed by atoms with Crippen molar-refractivity contribution in [2.24, 2.45) is 0 Å². The third-order valence-corrected chi connectivity index (χ3v) is 6.44. The predicted molar refractivity (Wildman–Crippen MR) is 103 cm³/mol. The lowest BCUT2D eigenvalue weighted by Gasteiger charge is -2.51. The minimum absolute atomic E-state index is 0.744. The van der Waals surface area contributed by atoms with Crippen molar-refractivity contribution >= 4 is 0 Å². The third kappa shape index (κ3) is 5.05. The van der Waals surface area contributed by atoms with Crippen molar-refractivity contribution in [3.05, 3.63) is 0 Å². The Morgan fingerprint density at radius 2 is 1.33 bits per heavy atom. The van der Waals surface area contributed by atoms with E-state index in [0.29, 0.717) is 0 Å². The monoisotopic (exact) mass is 486 g/mol. The molecule has 14 heteroatoms. The summed E-state index contributed by atoms with van der Waals surface area (Å²) in [5.74, 6) is 0. The Hall–Kier alpha value is -0.560. The second kappa shape index (κ2) is 10.2. The van der Waals surface area contributed by atoms with E-state index in [0.717, 1.165) is 6.92 Å². The molecule has 3 aliphatic heterocycles. The van der Waals surface area contributed by atoms with Crippen molar-refractivity contribution in [3.63, 3.8) is 0 Å². The molecule has 0 spiro atoms. The molecule has 0 aromatic carbocycles. The topological polar surface area (TPSA) is 228 Å². The summed E-state index contributed by atoms with van der Waals surface area (Å²) in [6.07, 6.45) is -21.2. The Labute approximate surface area is 189 Å². The zero-order valence-electron chi connectivity index (χ0n) is 18.4. The molecule has 0 aromatic rings. The number of aliphatic hydroxyl groups is 9. The fourth-order valence-corrected chi connectivity index (χ4v) is 4.18. The van der Waals surface area contributed by atoms with Gasteiger partial charge in [-0.3, -0.25) is 0 Å². The Kier molecular flexibility index (Phi) is 8.36. The summed E-state index contributed by atoms with van der Waals surface area (Å²) in [7, 11) is 0. The van der Waals surface area contributed by atoms with Gasteiger partial charge in [-0.1, -0.05) is 0 Å². The summed E-state index contributed by atoms with van der Waals surface area (Å²) < 4.78 is 27.2. The lowest BCUT2D eigenvalue weighted by Crippen LogP contribution is -2.70. The molecule has 3 fully saturated rings. The van der Waals surface area contributed by atoms with E-state index in [1.807, 2.05) is 0 Å². The van der Waals surface area contributed by atoms with Gasteiger partial charge in [-0.2, -0.15) is 0 Å². The van der Waals surface area contributed by atoms with Crippen molar-refractivity contribution in [1.29, 1.82) is 0 Å². The second-order valence-electron chi connectivity index (χ2n) is 8.95. The van der Waals surface area contributed by atoms with Crippen LogP contribution in [-0.2, 0) is 23.7 Å². The maximum absolute atomic E-state index is 11.0. The molecule has 0 radical (unpaired) electrons. The Morgan fingerprint density at radius 1 is 0.727 bits per heavy atom. The maximum atomic E-state index is 11.0. The molecule has 9 N–H and O–H groups in total. The van der Waals surface area contributed by atoms with Crippen LogP contribution in [0.15, 0.2) is 0 Å². The van der Waals surface area contributed by atoms with Gasteiger partial charge in [0.15, 0.2) is 18.9 Å². The molecular formula is C19H34O14. The number of aliphatic hydroxyl groups excluding tert-OH is 8. The van der Waals surface area contributed by atoms with Crippen molar-refractivity contribution in [3.8, 4) is 0 Å². The van der Waals surface area contributed by atoms with Crippen molar-refractivity contribution < 1.29 is 69.6 Å². The normalized spacial score (nSPS) is 56.0. The van der Waals surface area contributed by atoms with E-state index in [1.54, 1.807) is 0 Å². The van der Waals surface area contributed by atoms with Gasteiger partial charge in [0.1, 0.15) is 60.5 Å². The second-order valence-corrected chi connectivity index (χ2v) is 8.95. The quantitative estimate of drug-likeness (QED) is 0.177. The van der Waals surface area contributed by atoms with E-state index in [4.69, 9.17) is 23.7 Å². The molecular weight excluding hydrogens is 452 g/mol. The first-order chi connectivity index (χ1) is 15.3. The van der Waals surface area contributed by atoms with E-state index in [1.165, 1.54) is 13.8 Å². The fraction of sp³-hybridized carbons (Fsp3) is 1.00. The first kappa shape index (κ1) is 27.0. The highest BCUT2D eigenvalue weighted by Crippen LogP contribution is 2.37. The largest absolute Gasteiger partial charge is 0.394 e. The Bertz CT molecular complexity index is 636. The van der Waals surface area contributed by atoms with Gasteiger partial charge >= 0.3 is 0 Å². The van der Waals surface area contributed by atoms with Gasteiger partial charge in [-0.15, -0.1) is 0 Å². The zero-order valence-corrected chi connectivity index (χ0v) is 18.4. The van der Waals surface area contributed by atoms with Gasteiger partial charge in [0, 0.05) is 0 Å². The predicted octanol–water partition coefficient (Wildman–Crippen LogP) is -5.13. The van der Waals surface area contributed by atoms with Gasteiger partial charge < -0.3 is 69.6 Å². The summed E-state index contributed by atoms with van der Waals surface area (Å²) in [5.41, 5.74) is -2.20. The average molecular weight is 486 g/mol. The number of ether oxygens (including phenoxy) is 5. The van der Waals surface area contributed by atoms with Crippen LogP contribution in [0.4, 0.5) is 0 Å². The van der Waals surface area contributed by atoms with E-state index in [-0.39, 0.29) is 0 Å². The smallest absolute Gasteiger partial charge is 0.187 e. The minimum Gasteiger partial charge on any atom is -0.394 e. The molecule has 3 heterocycles. The van der Waals surface area contributed by atoms with Crippen LogP contribution < -0.4 is 0 Å². The summed E-state index contributed by atoms with van der Waals surface area (Å²) in [6, 6.07) is 0. The standard InChI is InChI=1S/C19H34O14/c1-5-8(21)10(23)11(24)17(30-5)33-15-18(31-7(4-20)14(26)19(15,3)28)32-13-9(22)6(2)29-16(27)12(13)25/h5-18,20-28H,4H2,1-3H3/t5-,6+,7-,8-,9+,10+,11+,12-,13-,14-,15-,16-,17-,18-,19+/m1/s1. The number of rotatable bonds is 5. The van der Waals surface area contributed by atoms with Gasteiger partial charge in [0.05, 0.1) is 18.8 Å². The van der Waals surface area contributed by atoms with E-state index < -0.39 is 98.2 Å². The van der Waals surface area contributed by atoms with Crippen molar-refractivity contribution in [2.45, 2.75) is 112 Å². The number of hydrogen-bond donors (Lipinski definition) is 9. The summed E-state index contributed by atoms with van der Waals surface area (Å²) >= 11 is 0. The molecule has 3 aliphatic rings. The summed E-state index contributed by atoms with van der Waals surface area (Å²) in [4.78, 5) is 0. The minimum atomic E-state index is -2.20. The summed E-state index contributed by atoms with van der Waals surface area (Å²) in [5, 5.41) is 91.9. The van der Waals surface area contributed by atoms with Gasteiger partial charge in [-0.05, 0) is 20.8 Å². The molecule has 0 unspecified atom stereocenters. The fourth-order valence-electron chi connectivity index (χ4n) is 4.18. The Balaban J connectivity index is 1.88. The molecule has 14 nitrogen and oxygen atoms in total. The molecule has 0 aromatic heterocycles. The van der Waals surface area contributed by atoms with E-state index in [9.17, 15) is 46.0 Å². The van der Waals surface area contributed by atoms with Gasteiger partial charge in [0.25, 0.3) is 0 Å². The van der Waals surface area contributed by atoms with Crippen LogP contribution in [-0.4, -0.2) is 144 Å². The summed E-state index contributed by atoms with van der Waals surface area (Å²) in [6.45, 7) is 3.23. The number of hydrogen-bond acceptors (Lipinski definition) is 14. The highest BCUT2D eigenvalue weighted by Gasteiger charge is 2.58. The van der Waals surface area contributed by atoms with Crippen LogP contribution in [0.2, 0.25) is 0 Å². The van der Waals surface area contributed by atoms with E-state index in [2.05, 4.69) is 0 Å². The van der Waals surface area contributed by atoms with Crippen molar-refractivity contribution in [1.82, 2.24) is 0 Å². The molecule has 33 heavy (non-hydrogen) atoms. The van der Waals surface area contributed by atoms with Crippen LogP contribution in [0.3, 0.4) is 0 Å². The molecule has 0 bridgehead atoms. The molecule has 3 saturated heterocycles. The molecule has 194 valence electrons. The molecule has 0 saturated carbocycles. The lowest BCUT2D eigenvalue weighted by molar-refractivity contribution is -0.399. The first-order valence-electron chi connectivity index (χ1n) is 10.7. The zero-order chi connectivity index (χ0) is 24.8. The van der Waals surface area contributed by atoms with Gasteiger partial charge in [-0.25, -0.2) is 0 Å². The molecule has 3 rings (SSSR count). The van der Waals surface area contributed by atoms with E-state index >= 15 is 0 Å². The highest BCUT2D eigenvalue weighted by atomic mass is 16.8. The van der Waals surface area contributed by atoms with Crippen LogP contribution in [0.25, 0.3) is 0 Å². The Morgan fingerprint density at radius 3 is 1.94 bits per heavy atom. The lowest BCUT2D eigenvalue weighted by atomic mass is 9.85. The van der Waals surface area contributed by atoms with Crippen LogP contribution in [0.1, 0.15) is 20.8 Å². The maximum Gasteiger partial charge on any atom is 0.187 e. The third-order valence-electron chi connectivity index (χ3n) is 6.44. The average Bonchev–Trinajstić information content (AvgIpc) is 2.76. The van der Waals surface area contributed by atoms with Gasteiger partial charge in [0.2, 0.25) is 0 Å². The highest BCUT2D eigenvalue weighted by molar-refractivity contribution is 5.02. The molecule has 0 aliphatic carbocycles. The first-order valence-corrected chi connectivity index (χ1v) is 10.7. The SMILES string of the molecule is C[C@@H]1O[C@@H](O)[C@H](O)[C@H](O[C@H]2O[C@H](CO)[C@@H](O)[C@](C)(O)[C@@H]2O[C@H]2O[C@H](C)[C@@H](O)[C@H](O)[C@@H]2O)[C@H]1O.